The van der Waals surface area contributed by atoms with Gasteiger partial charge < -0.3 is 9.72 Å². The zero-order chi connectivity index (χ0) is 21.5. The van der Waals surface area contributed by atoms with Crippen LogP contribution in [0.2, 0.25) is 0 Å². The number of aromatic nitrogens is 5. The van der Waals surface area contributed by atoms with Crippen LogP contribution in [0, 0.1) is 6.92 Å². The van der Waals surface area contributed by atoms with Gasteiger partial charge in [0.25, 0.3) is 5.56 Å². The molecule has 1 N–H and O–H groups in total. The predicted molar refractivity (Wildman–Crippen MR) is 118 cm³/mol. The van der Waals surface area contributed by atoms with Crippen molar-refractivity contribution in [3.63, 3.8) is 0 Å². The summed E-state index contributed by atoms with van der Waals surface area (Å²) in [6, 6.07) is 14.8. The van der Waals surface area contributed by atoms with Gasteiger partial charge in [-0.15, -0.1) is 10.2 Å². The maximum Gasteiger partial charge on any atom is 0.337 e. The van der Waals surface area contributed by atoms with Crippen molar-refractivity contribution in [2.45, 2.75) is 17.8 Å². The second-order valence-electron chi connectivity index (χ2n) is 7.05. The smallest absolute Gasteiger partial charge is 0.337 e. The molecule has 0 aliphatic carbocycles. The molecule has 0 amide bonds. The van der Waals surface area contributed by atoms with E-state index < -0.39 is 5.97 Å². The van der Waals surface area contributed by atoms with Gasteiger partial charge in [0, 0.05) is 5.39 Å². The molecule has 154 valence electrons. The molecule has 2 aromatic carbocycles. The topological polar surface area (TPSA) is 102 Å². The fourth-order valence-electron chi connectivity index (χ4n) is 3.60. The molecule has 5 aromatic rings. The van der Waals surface area contributed by atoms with E-state index in [2.05, 4.69) is 33.2 Å². The van der Waals surface area contributed by atoms with Crippen LogP contribution in [0.25, 0.3) is 27.5 Å². The summed E-state index contributed by atoms with van der Waals surface area (Å²) in [5.41, 5.74) is 3.44. The fourth-order valence-corrected chi connectivity index (χ4v) is 4.42. The maximum atomic E-state index is 12.5. The molecular weight excluding hydrogens is 414 g/mol. The van der Waals surface area contributed by atoms with E-state index in [1.54, 1.807) is 18.2 Å². The number of esters is 1. The molecule has 0 fully saturated rings. The number of para-hydroxylation sites is 1. The Labute approximate surface area is 180 Å². The highest BCUT2D eigenvalue weighted by Gasteiger charge is 2.14. The third-order valence-electron chi connectivity index (χ3n) is 5.09. The number of carbonyl (C=O) groups is 1. The van der Waals surface area contributed by atoms with Crippen molar-refractivity contribution in [2.75, 3.05) is 7.11 Å². The largest absolute Gasteiger partial charge is 0.465 e. The lowest BCUT2D eigenvalue weighted by atomic mass is 10.1. The number of rotatable bonds is 4. The average Bonchev–Trinajstić information content (AvgIpc) is 3.19. The fraction of sp³-hybridized carbons (Fsp3) is 0.136. The number of hydrogen-bond acceptors (Lipinski definition) is 7. The number of methoxy groups -OCH3 is 1. The van der Waals surface area contributed by atoms with E-state index in [0.29, 0.717) is 33.2 Å². The molecule has 0 spiro atoms. The van der Waals surface area contributed by atoms with E-state index in [1.807, 2.05) is 28.7 Å². The Bertz CT molecular complexity index is 1540. The molecule has 31 heavy (non-hydrogen) atoms. The van der Waals surface area contributed by atoms with Crippen LogP contribution >= 0.6 is 11.8 Å². The molecule has 3 aromatic heterocycles. The number of pyridine rings is 1. The minimum Gasteiger partial charge on any atom is -0.465 e. The summed E-state index contributed by atoms with van der Waals surface area (Å²) in [6.07, 6.45) is 0. The van der Waals surface area contributed by atoms with Gasteiger partial charge in [0.05, 0.1) is 34.8 Å². The quantitative estimate of drug-likeness (QED) is 0.343. The van der Waals surface area contributed by atoms with Crippen molar-refractivity contribution in [3.05, 3.63) is 75.8 Å². The standard InChI is InChI=1S/C22H17N5O3S/c1-12-9-19-25-26-22(27(19)17-6-4-3-5-14(12)17)31-11-18-23-16-10-13(21(29)30-2)7-8-15(16)20(28)24-18/h3-10H,11H2,1-2H3,(H,23,24,28). The Kier molecular flexibility index (Phi) is 4.67. The molecule has 0 aliphatic heterocycles. The SMILES string of the molecule is COC(=O)c1ccc2c(=O)[nH]c(CSc3nnc4cc(C)c5ccccc5n34)nc2c1. The third-order valence-corrected chi connectivity index (χ3v) is 6.03. The van der Waals surface area contributed by atoms with E-state index in [1.165, 1.54) is 18.9 Å². The number of H-pyrrole nitrogens is 1. The summed E-state index contributed by atoms with van der Waals surface area (Å²) in [5.74, 6) is 0.395. The zero-order valence-corrected chi connectivity index (χ0v) is 17.6. The number of carbonyl (C=O) groups excluding carboxylic acids is 1. The first-order valence-electron chi connectivity index (χ1n) is 9.52. The van der Waals surface area contributed by atoms with Crippen LogP contribution in [0.5, 0.6) is 0 Å². The summed E-state index contributed by atoms with van der Waals surface area (Å²) in [6.45, 7) is 2.05. The molecule has 0 saturated carbocycles. The van der Waals surface area contributed by atoms with E-state index >= 15 is 0 Å². The normalized spacial score (nSPS) is 11.4. The highest BCUT2D eigenvalue weighted by molar-refractivity contribution is 7.98. The predicted octanol–water partition coefficient (Wildman–Crippen LogP) is 3.51. The van der Waals surface area contributed by atoms with Crippen molar-refractivity contribution < 1.29 is 9.53 Å². The van der Waals surface area contributed by atoms with Crippen molar-refractivity contribution in [1.82, 2.24) is 24.6 Å². The Balaban J connectivity index is 1.52. The van der Waals surface area contributed by atoms with Gasteiger partial charge in [0.15, 0.2) is 10.8 Å². The highest BCUT2D eigenvalue weighted by Crippen LogP contribution is 2.27. The molecule has 8 nitrogen and oxygen atoms in total. The van der Waals surface area contributed by atoms with Crippen LogP contribution in [-0.4, -0.2) is 37.6 Å². The number of hydrogen-bond donors (Lipinski definition) is 1. The van der Waals surface area contributed by atoms with Crippen LogP contribution in [0.3, 0.4) is 0 Å². The van der Waals surface area contributed by atoms with E-state index in [9.17, 15) is 9.59 Å². The van der Waals surface area contributed by atoms with Gasteiger partial charge in [-0.05, 0) is 42.8 Å². The lowest BCUT2D eigenvalue weighted by Crippen LogP contribution is -2.12. The summed E-state index contributed by atoms with van der Waals surface area (Å²) in [4.78, 5) is 31.6. The molecule has 0 radical (unpaired) electrons. The van der Waals surface area contributed by atoms with Gasteiger partial charge in [0.2, 0.25) is 0 Å². The van der Waals surface area contributed by atoms with Crippen molar-refractivity contribution in [2.24, 2.45) is 0 Å². The van der Waals surface area contributed by atoms with Gasteiger partial charge in [-0.3, -0.25) is 9.20 Å². The van der Waals surface area contributed by atoms with Crippen molar-refractivity contribution >= 4 is 45.2 Å². The van der Waals surface area contributed by atoms with E-state index in [0.717, 1.165) is 22.1 Å². The van der Waals surface area contributed by atoms with Gasteiger partial charge in [-0.25, -0.2) is 9.78 Å². The number of thioether (sulfide) groups is 1. The number of benzene rings is 2. The Hall–Kier alpha value is -3.72. The Morgan fingerprint density at radius 3 is 2.81 bits per heavy atom. The molecule has 0 saturated heterocycles. The van der Waals surface area contributed by atoms with Gasteiger partial charge >= 0.3 is 5.97 Å². The van der Waals surface area contributed by atoms with Gasteiger partial charge in [-0.1, -0.05) is 30.0 Å². The third kappa shape index (κ3) is 3.32. The minimum atomic E-state index is -0.475. The van der Waals surface area contributed by atoms with E-state index in [-0.39, 0.29) is 5.56 Å². The molecule has 0 aliphatic rings. The zero-order valence-electron chi connectivity index (χ0n) is 16.7. The first-order chi connectivity index (χ1) is 15.0. The van der Waals surface area contributed by atoms with Crippen LogP contribution in [0.1, 0.15) is 21.7 Å². The summed E-state index contributed by atoms with van der Waals surface area (Å²) in [7, 11) is 1.31. The lowest BCUT2D eigenvalue weighted by Gasteiger charge is -2.07. The number of ether oxygens (including phenoxy) is 1. The summed E-state index contributed by atoms with van der Waals surface area (Å²) in [5, 5.41) is 10.9. The number of nitrogens with one attached hydrogen (secondary N) is 1. The molecule has 9 heteroatoms. The second-order valence-corrected chi connectivity index (χ2v) is 7.99. The molecule has 3 heterocycles. The van der Waals surface area contributed by atoms with Crippen LogP contribution in [0.15, 0.2) is 58.5 Å². The first kappa shape index (κ1) is 19.3. The number of nitrogens with zero attached hydrogens (tertiary/aromatic N) is 4. The van der Waals surface area contributed by atoms with Crippen molar-refractivity contribution in [3.8, 4) is 0 Å². The number of fused-ring (bicyclic) bond motifs is 4. The monoisotopic (exact) mass is 431 g/mol. The second kappa shape index (κ2) is 7.51. The average molecular weight is 431 g/mol. The highest BCUT2D eigenvalue weighted by atomic mass is 32.2. The first-order valence-corrected chi connectivity index (χ1v) is 10.5. The summed E-state index contributed by atoms with van der Waals surface area (Å²) < 4.78 is 6.75. The lowest BCUT2D eigenvalue weighted by molar-refractivity contribution is 0.0601. The van der Waals surface area contributed by atoms with Crippen LogP contribution < -0.4 is 5.56 Å². The molecule has 5 rings (SSSR count). The summed E-state index contributed by atoms with van der Waals surface area (Å²) >= 11 is 1.43. The molecule has 0 unspecified atom stereocenters. The number of aryl methyl sites for hydroxylation is 1. The van der Waals surface area contributed by atoms with E-state index in [4.69, 9.17) is 4.74 Å². The van der Waals surface area contributed by atoms with Crippen LogP contribution in [0.4, 0.5) is 0 Å². The molecule has 0 bridgehead atoms. The Morgan fingerprint density at radius 2 is 1.97 bits per heavy atom. The molecule has 0 atom stereocenters. The molecular formula is C22H17N5O3S. The van der Waals surface area contributed by atoms with Gasteiger partial charge in [-0.2, -0.15) is 0 Å². The van der Waals surface area contributed by atoms with Crippen molar-refractivity contribution in [1.29, 1.82) is 0 Å². The minimum absolute atomic E-state index is 0.260. The Morgan fingerprint density at radius 1 is 1.13 bits per heavy atom. The van der Waals surface area contributed by atoms with Crippen LogP contribution in [-0.2, 0) is 10.5 Å². The maximum absolute atomic E-state index is 12.5. The van der Waals surface area contributed by atoms with Gasteiger partial charge in [0.1, 0.15) is 5.82 Å². The number of aromatic amines is 1.